The van der Waals surface area contributed by atoms with E-state index in [1.54, 1.807) is 12.4 Å². The third-order valence-corrected chi connectivity index (χ3v) is 3.61. The van der Waals surface area contributed by atoms with Crippen molar-refractivity contribution < 1.29 is 0 Å². The topological polar surface area (TPSA) is 96.6 Å². The predicted octanol–water partition coefficient (Wildman–Crippen LogP) is 0.578. The molecule has 0 bridgehead atoms. The maximum Gasteiger partial charge on any atom is 0.245 e. The summed E-state index contributed by atoms with van der Waals surface area (Å²) in [5, 5.41) is 7.21. The maximum atomic E-state index is 6.10. The second kappa shape index (κ2) is 4.93. The summed E-state index contributed by atoms with van der Waals surface area (Å²) in [5.41, 5.74) is 6.93. The van der Waals surface area contributed by atoms with Crippen LogP contribution in [0.3, 0.4) is 0 Å². The molecule has 0 radical (unpaired) electrons. The summed E-state index contributed by atoms with van der Waals surface area (Å²) in [6.07, 6.45) is 7.04. The Bertz CT molecular complexity index is 538. The molecule has 0 saturated carbocycles. The first-order valence-electron chi connectivity index (χ1n) is 6.45. The lowest BCUT2D eigenvalue weighted by Gasteiger charge is -2.36. The van der Waals surface area contributed by atoms with Crippen LogP contribution in [0.2, 0.25) is 0 Å². The van der Waals surface area contributed by atoms with Crippen molar-refractivity contribution in [2.75, 3.05) is 11.4 Å². The fourth-order valence-corrected chi connectivity index (χ4v) is 2.39. The molecular formula is C12H17N7. The SMILES string of the molecule is CC1C(N)CCCN1c1n[nH]c(-c2cncnc2)n1. The molecule has 100 valence electrons. The number of anilines is 1. The highest BCUT2D eigenvalue weighted by Crippen LogP contribution is 2.22. The van der Waals surface area contributed by atoms with Crippen LogP contribution in [0.25, 0.3) is 11.4 Å². The van der Waals surface area contributed by atoms with Crippen molar-refractivity contribution in [1.82, 2.24) is 25.1 Å². The van der Waals surface area contributed by atoms with E-state index in [1.165, 1.54) is 6.33 Å². The minimum absolute atomic E-state index is 0.177. The Morgan fingerprint density at radius 1 is 1.37 bits per heavy atom. The molecule has 0 aliphatic carbocycles. The normalized spacial score (nSPS) is 23.6. The van der Waals surface area contributed by atoms with Gasteiger partial charge in [-0.05, 0) is 19.8 Å². The van der Waals surface area contributed by atoms with Crippen molar-refractivity contribution in [1.29, 1.82) is 0 Å². The molecule has 19 heavy (non-hydrogen) atoms. The first-order valence-corrected chi connectivity index (χ1v) is 6.45. The van der Waals surface area contributed by atoms with Crippen molar-refractivity contribution in [2.45, 2.75) is 31.8 Å². The zero-order valence-corrected chi connectivity index (χ0v) is 10.8. The number of hydrogen-bond donors (Lipinski definition) is 2. The molecule has 0 amide bonds. The van der Waals surface area contributed by atoms with Crippen molar-refractivity contribution in [2.24, 2.45) is 5.73 Å². The van der Waals surface area contributed by atoms with Crippen LogP contribution in [0.5, 0.6) is 0 Å². The number of aromatic amines is 1. The molecule has 1 aliphatic heterocycles. The second-order valence-corrected chi connectivity index (χ2v) is 4.85. The van der Waals surface area contributed by atoms with E-state index in [1.807, 2.05) is 0 Å². The Morgan fingerprint density at radius 2 is 2.16 bits per heavy atom. The molecule has 2 unspecified atom stereocenters. The number of piperidine rings is 1. The van der Waals surface area contributed by atoms with E-state index in [9.17, 15) is 0 Å². The van der Waals surface area contributed by atoms with Gasteiger partial charge in [-0.2, -0.15) is 4.98 Å². The Labute approximate surface area is 111 Å². The molecule has 3 rings (SSSR count). The van der Waals surface area contributed by atoms with Crippen LogP contribution in [0, 0.1) is 0 Å². The molecule has 7 heteroatoms. The third kappa shape index (κ3) is 2.28. The smallest absolute Gasteiger partial charge is 0.245 e. The van der Waals surface area contributed by atoms with Gasteiger partial charge in [-0.3, -0.25) is 5.10 Å². The molecule has 0 aromatic carbocycles. The fraction of sp³-hybridized carbons (Fsp3) is 0.500. The van der Waals surface area contributed by atoms with Crippen molar-refractivity contribution in [3.8, 4) is 11.4 Å². The minimum atomic E-state index is 0.177. The van der Waals surface area contributed by atoms with Crippen LogP contribution in [0.15, 0.2) is 18.7 Å². The molecule has 1 fully saturated rings. The lowest BCUT2D eigenvalue weighted by Crippen LogP contribution is -2.50. The van der Waals surface area contributed by atoms with Crippen LogP contribution in [0.4, 0.5) is 5.95 Å². The zero-order chi connectivity index (χ0) is 13.2. The van der Waals surface area contributed by atoms with E-state index in [-0.39, 0.29) is 12.1 Å². The fourth-order valence-electron chi connectivity index (χ4n) is 2.39. The van der Waals surface area contributed by atoms with E-state index >= 15 is 0 Å². The second-order valence-electron chi connectivity index (χ2n) is 4.85. The van der Waals surface area contributed by atoms with Gasteiger partial charge in [0.1, 0.15) is 6.33 Å². The highest BCUT2D eigenvalue weighted by Gasteiger charge is 2.27. The number of nitrogens with two attached hydrogens (primary N) is 1. The van der Waals surface area contributed by atoms with Crippen LogP contribution in [-0.2, 0) is 0 Å². The quantitative estimate of drug-likeness (QED) is 0.818. The monoisotopic (exact) mass is 259 g/mol. The maximum absolute atomic E-state index is 6.10. The van der Waals surface area contributed by atoms with Gasteiger partial charge in [0.15, 0.2) is 5.82 Å². The van der Waals surface area contributed by atoms with E-state index in [0.717, 1.165) is 24.9 Å². The van der Waals surface area contributed by atoms with Crippen molar-refractivity contribution in [3.63, 3.8) is 0 Å². The van der Waals surface area contributed by atoms with Crippen LogP contribution in [0.1, 0.15) is 19.8 Å². The first-order chi connectivity index (χ1) is 9.25. The lowest BCUT2D eigenvalue weighted by molar-refractivity contribution is 0.416. The summed E-state index contributed by atoms with van der Waals surface area (Å²) in [6, 6.07) is 0.431. The van der Waals surface area contributed by atoms with Gasteiger partial charge >= 0.3 is 0 Å². The summed E-state index contributed by atoms with van der Waals surface area (Å²) >= 11 is 0. The molecule has 7 nitrogen and oxygen atoms in total. The van der Waals surface area contributed by atoms with Gasteiger partial charge in [0.05, 0.1) is 5.56 Å². The Hall–Kier alpha value is -2.02. The highest BCUT2D eigenvalue weighted by molar-refractivity contribution is 5.53. The van der Waals surface area contributed by atoms with Crippen molar-refractivity contribution >= 4 is 5.95 Å². The Morgan fingerprint density at radius 3 is 2.95 bits per heavy atom. The number of rotatable bonds is 2. The van der Waals surface area contributed by atoms with Gasteiger partial charge in [0.2, 0.25) is 5.95 Å². The van der Waals surface area contributed by atoms with Crippen LogP contribution < -0.4 is 10.6 Å². The van der Waals surface area contributed by atoms with Gasteiger partial charge in [0, 0.05) is 31.0 Å². The number of H-pyrrole nitrogens is 1. The van der Waals surface area contributed by atoms with E-state index < -0.39 is 0 Å². The van der Waals surface area contributed by atoms with E-state index in [0.29, 0.717) is 11.8 Å². The molecule has 2 atom stereocenters. The molecule has 1 saturated heterocycles. The summed E-state index contributed by atoms with van der Waals surface area (Å²) < 4.78 is 0. The molecule has 2 aromatic rings. The molecular weight excluding hydrogens is 242 g/mol. The summed E-state index contributed by atoms with van der Waals surface area (Å²) in [7, 11) is 0. The van der Waals surface area contributed by atoms with Crippen LogP contribution in [-0.4, -0.2) is 43.8 Å². The molecule has 2 aromatic heterocycles. The number of aromatic nitrogens is 5. The zero-order valence-electron chi connectivity index (χ0n) is 10.8. The minimum Gasteiger partial charge on any atom is -0.335 e. The molecule has 1 aliphatic rings. The molecule has 3 N–H and O–H groups in total. The van der Waals surface area contributed by atoms with E-state index in [2.05, 4.69) is 37.0 Å². The third-order valence-electron chi connectivity index (χ3n) is 3.61. The Balaban J connectivity index is 1.85. The molecule has 3 heterocycles. The summed E-state index contributed by atoms with van der Waals surface area (Å²) in [4.78, 5) is 14.6. The van der Waals surface area contributed by atoms with Gasteiger partial charge in [-0.25, -0.2) is 9.97 Å². The Kier molecular flexibility index (Phi) is 3.12. The molecule has 0 spiro atoms. The van der Waals surface area contributed by atoms with Crippen molar-refractivity contribution in [3.05, 3.63) is 18.7 Å². The number of nitrogens with zero attached hydrogens (tertiary/aromatic N) is 5. The average molecular weight is 259 g/mol. The average Bonchev–Trinajstić information content (AvgIpc) is 2.92. The standard InChI is InChI=1S/C12H17N7/c1-8-10(13)3-2-4-19(8)12-16-11(17-18-12)9-5-14-7-15-6-9/h5-8,10H,2-4,13H2,1H3,(H,16,17,18). The first kappa shape index (κ1) is 12.0. The van der Waals surface area contributed by atoms with Gasteiger partial charge in [0.25, 0.3) is 0 Å². The largest absolute Gasteiger partial charge is 0.335 e. The number of nitrogens with one attached hydrogen (secondary N) is 1. The van der Waals surface area contributed by atoms with E-state index in [4.69, 9.17) is 5.73 Å². The highest BCUT2D eigenvalue weighted by atomic mass is 15.4. The summed E-state index contributed by atoms with van der Waals surface area (Å²) in [5.74, 6) is 1.38. The predicted molar refractivity (Wildman–Crippen MR) is 71.4 cm³/mol. The summed E-state index contributed by atoms with van der Waals surface area (Å²) in [6.45, 7) is 3.06. The van der Waals surface area contributed by atoms with Crippen LogP contribution >= 0.6 is 0 Å². The van der Waals surface area contributed by atoms with Gasteiger partial charge in [-0.1, -0.05) is 0 Å². The lowest BCUT2D eigenvalue weighted by atomic mass is 9.99. The number of hydrogen-bond acceptors (Lipinski definition) is 6. The van der Waals surface area contributed by atoms with Gasteiger partial charge < -0.3 is 10.6 Å². The van der Waals surface area contributed by atoms with Gasteiger partial charge in [-0.15, -0.1) is 5.10 Å².